The van der Waals surface area contributed by atoms with Crippen LogP contribution in [0.1, 0.15) is 11.6 Å². The van der Waals surface area contributed by atoms with E-state index in [1.54, 1.807) is 6.07 Å². The number of thioether (sulfide) groups is 1. The largest absolute Gasteiger partial charge is 0.431 e. The van der Waals surface area contributed by atoms with Crippen LogP contribution < -0.4 is 5.73 Å². The van der Waals surface area contributed by atoms with Gasteiger partial charge >= 0.3 is 0 Å². The zero-order valence-corrected chi connectivity index (χ0v) is 11.4. The van der Waals surface area contributed by atoms with Gasteiger partial charge in [0, 0.05) is 18.8 Å². The Morgan fingerprint density at radius 2 is 2.21 bits per heavy atom. The molecule has 98 valence electrons. The summed E-state index contributed by atoms with van der Waals surface area (Å²) in [5, 5.41) is 8.73. The number of hydrogen-bond donors (Lipinski definition) is 1. The molecular formula is C12H13N5OS. The first-order valence-corrected chi connectivity index (χ1v) is 6.76. The van der Waals surface area contributed by atoms with Crippen molar-refractivity contribution >= 4 is 28.5 Å². The van der Waals surface area contributed by atoms with Crippen LogP contribution in [0.5, 0.6) is 0 Å². The first-order valence-electron chi connectivity index (χ1n) is 5.77. The summed E-state index contributed by atoms with van der Waals surface area (Å²) in [5.41, 5.74) is 7.89. The molecule has 19 heavy (non-hydrogen) atoms. The normalized spacial score (nSPS) is 11.3. The molecule has 3 rings (SSSR count). The van der Waals surface area contributed by atoms with Crippen molar-refractivity contribution < 1.29 is 4.42 Å². The number of nitrogens with zero attached hydrogens (tertiary/aromatic N) is 4. The van der Waals surface area contributed by atoms with Gasteiger partial charge in [0.15, 0.2) is 5.58 Å². The Kier molecular flexibility index (Phi) is 2.90. The summed E-state index contributed by atoms with van der Waals surface area (Å²) in [6.45, 7) is 1.92. The van der Waals surface area contributed by atoms with Crippen molar-refractivity contribution in [1.82, 2.24) is 19.7 Å². The predicted molar refractivity (Wildman–Crippen MR) is 73.7 cm³/mol. The van der Waals surface area contributed by atoms with E-state index in [9.17, 15) is 0 Å². The maximum Gasteiger partial charge on any atom is 0.257 e. The van der Waals surface area contributed by atoms with Gasteiger partial charge in [0.2, 0.25) is 0 Å². The van der Waals surface area contributed by atoms with Crippen LogP contribution >= 0.6 is 11.8 Å². The Morgan fingerprint density at radius 3 is 2.95 bits per heavy atom. The SMILES string of the molecule is Cc1nnc(CSc2nc3ccc(N)cc3o2)n1C. The van der Waals surface area contributed by atoms with Crippen molar-refractivity contribution in [3.63, 3.8) is 0 Å². The van der Waals surface area contributed by atoms with Gasteiger partial charge in [-0.1, -0.05) is 11.8 Å². The lowest BCUT2D eigenvalue weighted by atomic mass is 10.3. The second kappa shape index (κ2) is 4.58. The Hall–Kier alpha value is -2.02. The fraction of sp³-hybridized carbons (Fsp3) is 0.250. The lowest BCUT2D eigenvalue weighted by molar-refractivity contribution is 0.489. The number of aromatic nitrogens is 4. The van der Waals surface area contributed by atoms with Crippen LogP contribution in [-0.4, -0.2) is 19.7 Å². The molecule has 0 saturated carbocycles. The average Bonchev–Trinajstić information content (AvgIpc) is 2.92. The number of benzene rings is 1. The van der Waals surface area contributed by atoms with Gasteiger partial charge in [0.1, 0.15) is 17.2 Å². The molecular weight excluding hydrogens is 262 g/mol. The van der Waals surface area contributed by atoms with Gasteiger partial charge in [-0.05, 0) is 19.1 Å². The highest BCUT2D eigenvalue weighted by atomic mass is 32.2. The molecule has 2 aromatic heterocycles. The van der Waals surface area contributed by atoms with Crippen LogP contribution in [0, 0.1) is 6.92 Å². The fourth-order valence-corrected chi connectivity index (χ4v) is 2.50. The molecule has 1 aromatic carbocycles. The van der Waals surface area contributed by atoms with Crippen molar-refractivity contribution in [3.8, 4) is 0 Å². The van der Waals surface area contributed by atoms with Crippen molar-refractivity contribution in [1.29, 1.82) is 0 Å². The number of nitrogens with two attached hydrogens (primary N) is 1. The quantitative estimate of drug-likeness (QED) is 0.582. The monoisotopic (exact) mass is 275 g/mol. The van der Waals surface area contributed by atoms with E-state index >= 15 is 0 Å². The molecule has 0 saturated heterocycles. The summed E-state index contributed by atoms with van der Waals surface area (Å²) in [5.74, 6) is 2.45. The molecule has 3 aromatic rings. The number of hydrogen-bond acceptors (Lipinski definition) is 6. The smallest absolute Gasteiger partial charge is 0.257 e. The number of rotatable bonds is 3. The number of aryl methyl sites for hydroxylation is 1. The molecule has 0 radical (unpaired) electrons. The van der Waals surface area contributed by atoms with Gasteiger partial charge in [-0.15, -0.1) is 10.2 Å². The van der Waals surface area contributed by atoms with Crippen molar-refractivity contribution in [2.75, 3.05) is 5.73 Å². The maximum atomic E-state index is 5.70. The highest BCUT2D eigenvalue weighted by molar-refractivity contribution is 7.98. The molecule has 0 aliphatic carbocycles. The summed E-state index contributed by atoms with van der Waals surface area (Å²) in [6, 6.07) is 5.44. The van der Waals surface area contributed by atoms with E-state index in [0.717, 1.165) is 17.2 Å². The Labute approximate surface area is 114 Å². The Morgan fingerprint density at radius 1 is 1.37 bits per heavy atom. The standard InChI is InChI=1S/C12H13N5OS/c1-7-15-16-11(17(7)2)6-19-12-14-9-4-3-8(13)5-10(9)18-12/h3-5H,6,13H2,1-2H3. The third kappa shape index (κ3) is 2.28. The van der Waals surface area contributed by atoms with Crippen molar-refractivity contribution in [2.24, 2.45) is 7.05 Å². The molecule has 0 aliphatic rings. The summed E-state index contributed by atoms with van der Waals surface area (Å²) >= 11 is 1.49. The molecule has 0 fully saturated rings. The zero-order valence-electron chi connectivity index (χ0n) is 10.6. The fourth-order valence-electron chi connectivity index (χ4n) is 1.68. The molecule has 2 heterocycles. The lowest BCUT2D eigenvalue weighted by Gasteiger charge is -1.98. The molecule has 2 N–H and O–H groups in total. The van der Waals surface area contributed by atoms with Gasteiger partial charge in [-0.2, -0.15) is 0 Å². The summed E-state index contributed by atoms with van der Waals surface area (Å²) in [6.07, 6.45) is 0. The first kappa shape index (κ1) is 12.0. The van der Waals surface area contributed by atoms with Crippen LogP contribution in [-0.2, 0) is 12.8 Å². The van der Waals surface area contributed by atoms with Crippen LogP contribution in [0.4, 0.5) is 5.69 Å². The van der Waals surface area contributed by atoms with Crippen molar-refractivity contribution in [3.05, 3.63) is 29.8 Å². The van der Waals surface area contributed by atoms with E-state index in [2.05, 4.69) is 15.2 Å². The van der Waals surface area contributed by atoms with E-state index in [4.69, 9.17) is 10.2 Å². The van der Waals surface area contributed by atoms with Gasteiger partial charge in [-0.25, -0.2) is 4.98 Å². The van der Waals surface area contributed by atoms with Crippen LogP contribution in [0.3, 0.4) is 0 Å². The zero-order chi connectivity index (χ0) is 13.4. The van der Waals surface area contributed by atoms with E-state index < -0.39 is 0 Å². The second-order valence-corrected chi connectivity index (χ2v) is 5.14. The van der Waals surface area contributed by atoms with Crippen LogP contribution in [0.25, 0.3) is 11.1 Å². The van der Waals surface area contributed by atoms with Crippen molar-refractivity contribution in [2.45, 2.75) is 17.9 Å². The van der Waals surface area contributed by atoms with Gasteiger partial charge in [0.05, 0.1) is 5.75 Å². The molecule has 0 amide bonds. The molecule has 0 spiro atoms. The molecule has 0 unspecified atom stereocenters. The third-order valence-corrected chi connectivity index (χ3v) is 3.72. The second-order valence-electron chi connectivity index (χ2n) is 4.22. The average molecular weight is 275 g/mol. The Bertz CT molecular complexity index is 733. The minimum absolute atomic E-state index is 0.612. The summed E-state index contributed by atoms with van der Waals surface area (Å²) < 4.78 is 7.58. The molecule has 0 aliphatic heterocycles. The predicted octanol–water partition coefficient (Wildman–Crippen LogP) is 2.14. The van der Waals surface area contributed by atoms with E-state index in [1.165, 1.54) is 11.8 Å². The molecule has 7 heteroatoms. The van der Waals surface area contributed by atoms with Gasteiger partial charge < -0.3 is 14.7 Å². The summed E-state index contributed by atoms with van der Waals surface area (Å²) in [4.78, 5) is 4.39. The minimum Gasteiger partial charge on any atom is -0.431 e. The number of fused-ring (bicyclic) bond motifs is 1. The Balaban J connectivity index is 1.80. The molecule has 0 bridgehead atoms. The molecule has 6 nitrogen and oxygen atoms in total. The summed E-state index contributed by atoms with van der Waals surface area (Å²) in [7, 11) is 1.94. The number of oxazole rings is 1. The van der Waals surface area contributed by atoms with Gasteiger partial charge in [0.25, 0.3) is 5.22 Å². The van der Waals surface area contributed by atoms with Crippen LogP contribution in [0.15, 0.2) is 27.8 Å². The number of nitrogen functional groups attached to an aromatic ring is 1. The third-order valence-electron chi connectivity index (χ3n) is 2.90. The maximum absolute atomic E-state index is 5.70. The first-order chi connectivity index (χ1) is 9.13. The van der Waals surface area contributed by atoms with Crippen LogP contribution in [0.2, 0.25) is 0 Å². The minimum atomic E-state index is 0.612. The van der Waals surface area contributed by atoms with E-state index in [0.29, 0.717) is 22.2 Å². The highest BCUT2D eigenvalue weighted by Gasteiger charge is 2.10. The topological polar surface area (TPSA) is 82.8 Å². The van der Waals surface area contributed by atoms with E-state index in [1.807, 2.05) is 30.7 Å². The lowest BCUT2D eigenvalue weighted by Crippen LogP contribution is -1.97. The number of anilines is 1. The van der Waals surface area contributed by atoms with Gasteiger partial charge in [-0.3, -0.25) is 0 Å². The molecule has 0 atom stereocenters. The van der Waals surface area contributed by atoms with E-state index in [-0.39, 0.29) is 0 Å². The highest BCUT2D eigenvalue weighted by Crippen LogP contribution is 2.26.